The smallest absolute Gasteiger partial charge is 0.122 e. The average Bonchev–Trinajstić information content (AvgIpc) is 3.03. The van der Waals surface area contributed by atoms with Crippen LogP contribution in [0.5, 0.6) is 5.75 Å². The molecule has 3 fully saturated rings. The van der Waals surface area contributed by atoms with E-state index in [9.17, 15) is 0 Å². The molecular weight excluding hydrogens is 274 g/mol. The Hall–Kier alpha value is -1.06. The first-order chi connectivity index (χ1) is 10.7. The van der Waals surface area contributed by atoms with E-state index in [1.165, 1.54) is 36.8 Å². The summed E-state index contributed by atoms with van der Waals surface area (Å²) in [6.07, 6.45) is 7.23. The van der Waals surface area contributed by atoms with Gasteiger partial charge < -0.3 is 14.8 Å². The molecular formula is C19H27NO2. The lowest BCUT2D eigenvalue weighted by Crippen LogP contribution is -2.55. The van der Waals surface area contributed by atoms with Crippen molar-refractivity contribution in [2.75, 3.05) is 13.7 Å². The summed E-state index contributed by atoms with van der Waals surface area (Å²) in [5.74, 6) is 1.90. The minimum absolute atomic E-state index is 0.147. The van der Waals surface area contributed by atoms with E-state index in [0.29, 0.717) is 12.1 Å². The van der Waals surface area contributed by atoms with E-state index in [1.54, 1.807) is 7.11 Å². The SMILES string of the molecule is COc1cccc2c1CCCC(NC(C)C13CC(CO1)C3)C2. The summed E-state index contributed by atoms with van der Waals surface area (Å²) >= 11 is 0. The zero-order valence-corrected chi connectivity index (χ0v) is 13.7. The van der Waals surface area contributed by atoms with Crippen LogP contribution in [-0.4, -0.2) is 31.4 Å². The minimum Gasteiger partial charge on any atom is -0.496 e. The minimum atomic E-state index is 0.147. The van der Waals surface area contributed by atoms with Crippen molar-refractivity contribution in [2.45, 2.75) is 63.1 Å². The molecule has 2 unspecified atom stereocenters. The van der Waals surface area contributed by atoms with Crippen molar-refractivity contribution in [1.82, 2.24) is 5.32 Å². The molecule has 2 bridgehead atoms. The largest absolute Gasteiger partial charge is 0.496 e. The van der Waals surface area contributed by atoms with Crippen LogP contribution in [0.2, 0.25) is 0 Å². The van der Waals surface area contributed by atoms with E-state index < -0.39 is 0 Å². The van der Waals surface area contributed by atoms with Crippen LogP contribution in [0, 0.1) is 5.92 Å². The lowest BCUT2D eigenvalue weighted by atomic mass is 9.70. The molecule has 120 valence electrons. The van der Waals surface area contributed by atoms with Gasteiger partial charge in [0.1, 0.15) is 5.75 Å². The molecule has 3 heteroatoms. The van der Waals surface area contributed by atoms with Gasteiger partial charge in [0, 0.05) is 12.1 Å². The third-order valence-corrected chi connectivity index (χ3v) is 6.05. The topological polar surface area (TPSA) is 30.5 Å². The number of rotatable bonds is 4. The summed E-state index contributed by atoms with van der Waals surface area (Å²) in [4.78, 5) is 0. The van der Waals surface area contributed by atoms with E-state index in [0.717, 1.165) is 31.1 Å². The Morgan fingerprint density at radius 2 is 2.23 bits per heavy atom. The number of nitrogens with one attached hydrogen (secondary N) is 1. The highest BCUT2D eigenvalue weighted by Crippen LogP contribution is 2.50. The number of benzene rings is 1. The highest BCUT2D eigenvalue weighted by molar-refractivity contribution is 5.41. The average molecular weight is 301 g/mol. The van der Waals surface area contributed by atoms with Crippen molar-refractivity contribution in [3.8, 4) is 5.75 Å². The summed E-state index contributed by atoms with van der Waals surface area (Å²) in [5.41, 5.74) is 3.02. The first-order valence-electron chi connectivity index (χ1n) is 8.75. The molecule has 2 aliphatic carbocycles. The molecule has 5 rings (SSSR count). The molecule has 1 saturated carbocycles. The predicted molar refractivity (Wildman–Crippen MR) is 87.4 cm³/mol. The van der Waals surface area contributed by atoms with Crippen LogP contribution >= 0.6 is 0 Å². The van der Waals surface area contributed by atoms with Gasteiger partial charge in [0.15, 0.2) is 0 Å². The van der Waals surface area contributed by atoms with Crippen LogP contribution in [0.15, 0.2) is 18.2 Å². The fraction of sp³-hybridized carbons (Fsp3) is 0.684. The van der Waals surface area contributed by atoms with Crippen LogP contribution in [0.3, 0.4) is 0 Å². The Bertz CT molecular complexity index is 545. The van der Waals surface area contributed by atoms with Gasteiger partial charge in [-0.15, -0.1) is 0 Å². The molecule has 4 aliphatic rings. The van der Waals surface area contributed by atoms with Gasteiger partial charge in [-0.2, -0.15) is 0 Å². The third-order valence-electron chi connectivity index (χ3n) is 6.05. The number of fused-ring (bicyclic) bond motifs is 2. The maximum absolute atomic E-state index is 6.07. The summed E-state index contributed by atoms with van der Waals surface area (Å²) in [5, 5.41) is 3.89. The molecule has 0 amide bonds. The van der Waals surface area contributed by atoms with Crippen LogP contribution < -0.4 is 10.1 Å². The molecule has 0 aromatic heterocycles. The molecule has 3 nitrogen and oxygen atoms in total. The number of methoxy groups -OCH3 is 1. The molecule has 0 radical (unpaired) electrons. The van der Waals surface area contributed by atoms with E-state index in [1.807, 2.05) is 0 Å². The Morgan fingerprint density at radius 1 is 1.36 bits per heavy atom. The fourth-order valence-corrected chi connectivity index (χ4v) is 4.73. The second-order valence-electron chi connectivity index (χ2n) is 7.43. The number of hydrogen-bond donors (Lipinski definition) is 1. The summed E-state index contributed by atoms with van der Waals surface area (Å²) in [7, 11) is 1.78. The lowest BCUT2D eigenvalue weighted by molar-refractivity contribution is -0.0304. The standard InChI is InChI=1S/C19H27NO2/c1-13(19-10-14(11-19)12-22-19)20-16-6-4-7-17-15(9-16)5-3-8-18(17)21-2/h3,5,8,13-14,16,20H,4,6-7,9-12H2,1-2H3. The van der Waals surface area contributed by atoms with Crippen molar-refractivity contribution in [3.05, 3.63) is 29.3 Å². The highest BCUT2D eigenvalue weighted by Gasteiger charge is 2.55. The predicted octanol–water partition coefficient (Wildman–Crippen LogP) is 3.10. The Labute approximate surface area is 133 Å². The zero-order chi connectivity index (χ0) is 15.2. The number of hydrogen-bond acceptors (Lipinski definition) is 3. The molecule has 1 aromatic rings. The van der Waals surface area contributed by atoms with E-state index in [4.69, 9.17) is 9.47 Å². The van der Waals surface area contributed by atoms with Gasteiger partial charge in [-0.1, -0.05) is 12.1 Å². The lowest BCUT2D eigenvalue weighted by Gasteiger charge is -2.42. The molecule has 2 heterocycles. The van der Waals surface area contributed by atoms with Crippen molar-refractivity contribution in [2.24, 2.45) is 5.92 Å². The van der Waals surface area contributed by atoms with Gasteiger partial charge in [-0.05, 0) is 68.6 Å². The Balaban J connectivity index is 1.47. The van der Waals surface area contributed by atoms with Crippen molar-refractivity contribution in [3.63, 3.8) is 0 Å². The summed E-state index contributed by atoms with van der Waals surface area (Å²) in [6, 6.07) is 7.50. The quantitative estimate of drug-likeness (QED) is 0.867. The van der Waals surface area contributed by atoms with Gasteiger partial charge in [-0.25, -0.2) is 0 Å². The van der Waals surface area contributed by atoms with Gasteiger partial charge in [0.25, 0.3) is 0 Å². The maximum Gasteiger partial charge on any atom is 0.122 e. The summed E-state index contributed by atoms with van der Waals surface area (Å²) < 4.78 is 11.6. The molecule has 1 N–H and O–H groups in total. The van der Waals surface area contributed by atoms with Crippen molar-refractivity contribution in [1.29, 1.82) is 0 Å². The van der Waals surface area contributed by atoms with Crippen LogP contribution in [0.25, 0.3) is 0 Å². The van der Waals surface area contributed by atoms with Crippen LogP contribution in [0.1, 0.15) is 43.7 Å². The second kappa shape index (κ2) is 5.54. The monoisotopic (exact) mass is 301 g/mol. The molecule has 2 saturated heterocycles. The maximum atomic E-state index is 6.07. The second-order valence-corrected chi connectivity index (χ2v) is 7.43. The normalized spacial score (nSPS) is 34.5. The van der Waals surface area contributed by atoms with E-state index in [2.05, 4.69) is 30.4 Å². The van der Waals surface area contributed by atoms with Crippen LogP contribution in [-0.2, 0) is 17.6 Å². The van der Waals surface area contributed by atoms with Crippen LogP contribution in [0.4, 0.5) is 0 Å². The number of ether oxygens (including phenoxy) is 2. The zero-order valence-electron chi connectivity index (χ0n) is 13.7. The van der Waals surface area contributed by atoms with Crippen molar-refractivity contribution >= 4 is 0 Å². The third kappa shape index (κ3) is 2.35. The van der Waals surface area contributed by atoms with Crippen molar-refractivity contribution < 1.29 is 9.47 Å². The molecule has 2 atom stereocenters. The van der Waals surface area contributed by atoms with E-state index in [-0.39, 0.29) is 5.60 Å². The van der Waals surface area contributed by atoms with Gasteiger partial charge >= 0.3 is 0 Å². The molecule has 0 spiro atoms. The Kier molecular flexibility index (Phi) is 3.66. The van der Waals surface area contributed by atoms with E-state index >= 15 is 0 Å². The Morgan fingerprint density at radius 3 is 2.95 bits per heavy atom. The first-order valence-corrected chi connectivity index (χ1v) is 8.75. The molecule has 1 aromatic carbocycles. The molecule has 22 heavy (non-hydrogen) atoms. The highest BCUT2D eigenvalue weighted by atomic mass is 16.5. The van der Waals surface area contributed by atoms with Gasteiger partial charge in [0.05, 0.1) is 19.3 Å². The first kappa shape index (κ1) is 14.5. The summed E-state index contributed by atoms with van der Waals surface area (Å²) in [6.45, 7) is 3.30. The van der Waals surface area contributed by atoms with Gasteiger partial charge in [-0.3, -0.25) is 0 Å². The van der Waals surface area contributed by atoms with Gasteiger partial charge in [0.2, 0.25) is 0 Å². The molecule has 2 aliphatic heterocycles. The fourth-order valence-electron chi connectivity index (χ4n) is 4.73.